The summed E-state index contributed by atoms with van der Waals surface area (Å²) in [4.78, 5) is 33.6. The predicted molar refractivity (Wildman–Crippen MR) is 128 cm³/mol. The molecular formula is C24H27N7O. The number of aryl methyl sites for hydroxylation is 1. The molecule has 0 atom stereocenters. The largest absolute Gasteiger partial charge is 0.386 e. The zero-order valence-electron chi connectivity index (χ0n) is 18.4. The number of fused-ring (bicyclic) bond motifs is 2. The molecule has 5 rings (SSSR count). The van der Waals surface area contributed by atoms with Gasteiger partial charge < -0.3 is 15.2 Å². The maximum Gasteiger partial charge on any atom is 0.251 e. The lowest BCUT2D eigenvalue weighted by Crippen LogP contribution is -2.46. The first-order valence-corrected chi connectivity index (χ1v) is 11.0. The van der Waals surface area contributed by atoms with Gasteiger partial charge in [-0.2, -0.15) is 0 Å². The number of H-pyrrole nitrogens is 1. The van der Waals surface area contributed by atoms with Crippen LogP contribution in [0.4, 0.5) is 11.4 Å². The van der Waals surface area contributed by atoms with Crippen LogP contribution < -0.4 is 15.8 Å². The molecule has 0 aliphatic carbocycles. The van der Waals surface area contributed by atoms with E-state index in [-0.39, 0.29) is 5.56 Å². The van der Waals surface area contributed by atoms with Gasteiger partial charge in [0.1, 0.15) is 5.52 Å². The van der Waals surface area contributed by atoms with Gasteiger partial charge in [-0.1, -0.05) is 6.92 Å². The Balaban J connectivity index is 1.27. The van der Waals surface area contributed by atoms with Crippen LogP contribution in [0.5, 0.6) is 0 Å². The van der Waals surface area contributed by atoms with Crippen molar-refractivity contribution in [1.82, 2.24) is 24.8 Å². The van der Waals surface area contributed by atoms with E-state index in [2.05, 4.69) is 41.1 Å². The number of anilines is 2. The molecule has 0 radical (unpaired) electrons. The number of hydrogen-bond acceptors (Lipinski definition) is 7. The molecule has 0 unspecified atom stereocenters. The van der Waals surface area contributed by atoms with Crippen molar-refractivity contribution in [3.63, 3.8) is 0 Å². The zero-order valence-corrected chi connectivity index (χ0v) is 18.4. The van der Waals surface area contributed by atoms with Gasteiger partial charge in [0.15, 0.2) is 0 Å². The summed E-state index contributed by atoms with van der Waals surface area (Å²) in [6.45, 7) is 6.55. The Labute approximate surface area is 186 Å². The van der Waals surface area contributed by atoms with Crippen LogP contribution in [0, 0.1) is 0 Å². The lowest BCUT2D eigenvalue weighted by molar-refractivity contribution is 0.249. The summed E-state index contributed by atoms with van der Waals surface area (Å²) in [7, 11) is 1.90. The summed E-state index contributed by atoms with van der Waals surface area (Å²) in [5.74, 6) is 0. The van der Waals surface area contributed by atoms with E-state index in [1.807, 2.05) is 50.8 Å². The molecule has 8 heteroatoms. The summed E-state index contributed by atoms with van der Waals surface area (Å²) in [6, 6.07) is 8.00. The van der Waals surface area contributed by atoms with E-state index in [0.717, 1.165) is 77.3 Å². The number of aromatic amines is 1. The molecule has 1 aliphatic heterocycles. The van der Waals surface area contributed by atoms with Crippen molar-refractivity contribution >= 4 is 33.4 Å². The van der Waals surface area contributed by atoms with E-state index in [0.29, 0.717) is 6.42 Å². The SMILES string of the molecule is CCc1cc2ncc(CN3CCN(c4cnc5c(NC)ccnc5c4)CC3)cc2[nH]c1=O. The van der Waals surface area contributed by atoms with Gasteiger partial charge in [-0.25, -0.2) is 0 Å². The number of rotatable bonds is 5. The molecule has 0 spiro atoms. The Bertz CT molecular complexity index is 1330. The van der Waals surface area contributed by atoms with E-state index in [1.165, 1.54) is 0 Å². The summed E-state index contributed by atoms with van der Waals surface area (Å²) in [5, 5.41) is 3.17. The van der Waals surface area contributed by atoms with Gasteiger partial charge in [0.05, 0.1) is 34.1 Å². The fourth-order valence-electron chi connectivity index (χ4n) is 4.33. The number of nitrogens with one attached hydrogen (secondary N) is 2. The first-order valence-electron chi connectivity index (χ1n) is 11.0. The molecule has 0 bridgehead atoms. The molecule has 1 saturated heterocycles. The Kier molecular flexibility index (Phi) is 5.45. The van der Waals surface area contributed by atoms with E-state index in [1.54, 1.807) is 0 Å². The number of nitrogens with zero attached hydrogens (tertiary/aromatic N) is 5. The van der Waals surface area contributed by atoms with Crippen LogP contribution in [-0.4, -0.2) is 58.1 Å². The summed E-state index contributed by atoms with van der Waals surface area (Å²) < 4.78 is 0. The Morgan fingerprint density at radius 1 is 1.03 bits per heavy atom. The molecule has 0 aromatic carbocycles. The maximum absolute atomic E-state index is 12.1. The standard InChI is InChI=1S/C24H27N7O/c1-3-17-11-20-21(29-24(17)32)10-16(13-27-20)15-30-6-8-31(9-7-30)18-12-22-23(28-14-18)19(25-2)4-5-26-22/h4-5,10-14H,3,6-9,15H2,1-2H3,(H,25,26)(H,29,32). The fourth-order valence-corrected chi connectivity index (χ4v) is 4.33. The third-order valence-corrected chi connectivity index (χ3v) is 6.18. The van der Waals surface area contributed by atoms with Crippen LogP contribution in [0.25, 0.3) is 22.1 Å². The third-order valence-electron chi connectivity index (χ3n) is 6.18. The molecule has 32 heavy (non-hydrogen) atoms. The molecule has 5 heterocycles. The van der Waals surface area contributed by atoms with Crippen molar-refractivity contribution in [3.8, 4) is 0 Å². The second-order valence-electron chi connectivity index (χ2n) is 8.19. The highest BCUT2D eigenvalue weighted by Crippen LogP contribution is 2.24. The Hall–Kier alpha value is -3.52. The highest BCUT2D eigenvalue weighted by molar-refractivity contribution is 5.88. The minimum Gasteiger partial charge on any atom is -0.386 e. The smallest absolute Gasteiger partial charge is 0.251 e. The van der Waals surface area contributed by atoms with Gasteiger partial charge in [-0.3, -0.25) is 24.6 Å². The molecule has 1 fully saturated rings. The zero-order chi connectivity index (χ0) is 22.1. The summed E-state index contributed by atoms with van der Waals surface area (Å²) in [5.41, 5.74) is 7.40. The lowest BCUT2D eigenvalue weighted by atomic mass is 10.1. The monoisotopic (exact) mass is 429 g/mol. The van der Waals surface area contributed by atoms with Crippen molar-refractivity contribution in [2.45, 2.75) is 19.9 Å². The van der Waals surface area contributed by atoms with Gasteiger partial charge in [0.25, 0.3) is 5.56 Å². The summed E-state index contributed by atoms with van der Waals surface area (Å²) in [6.07, 6.45) is 6.38. The van der Waals surface area contributed by atoms with Crippen LogP contribution in [0.15, 0.2) is 47.7 Å². The maximum atomic E-state index is 12.1. The van der Waals surface area contributed by atoms with Crippen LogP contribution in [0.3, 0.4) is 0 Å². The quantitative estimate of drug-likeness (QED) is 0.504. The summed E-state index contributed by atoms with van der Waals surface area (Å²) >= 11 is 0. The molecule has 0 saturated carbocycles. The first kappa shape index (κ1) is 20.4. The van der Waals surface area contributed by atoms with Crippen LogP contribution in [-0.2, 0) is 13.0 Å². The number of hydrogen-bond donors (Lipinski definition) is 2. The van der Waals surface area contributed by atoms with Crippen molar-refractivity contribution < 1.29 is 0 Å². The number of aromatic nitrogens is 4. The third kappa shape index (κ3) is 3.89. The highest BCUT2D eigenvalue weighted by Gasteiger charge is 2.19. The normalized spacial score (nSPS) is 14.9. The van der Waals surface area contributed by atoms with Gasteiger partial charge >= 0.3 is 0 Å². The first-order chi connectivity index (χ1) is 15.6. The molecule has 2 N–H and O–H groups in total. The van der Waals surface area contributed by atoms with Crippen molar-refractivity contribution in [2.24, 2.45) is 0 Å². The van der Waals surface area contributed by atoms with E-state index < -0.39 is 0 Å². The number of pyridine rings is 4. The Morgan fingerprint density at radius 3 is 2.66 bits per heavy atom. The molecule has 4 aromatic rings. The topological polar surface area (TPSA) is 90.0 Å². The van der Waals surface area contributed by atoms with Gasteiger partial charge in [-0.05, 0) is 36.2 Å². The predicted octanol–water partition coefficient (Wildman–Crippen LogP) is 2.79. The minimum absolute atomic E-state index is 0.0205. The van der Waals surface area contributed by atoms with Gasteiger partial charge in [0, 0.05) is 57.7 Å². The lowest BCUT2D eigenvalue weighted by Gasteiger charge is -2.36. The molecule has 164 valence electrons. The molecule has 4 aromatic heterocycles. The minimum atomic E-state index is -0.0205. The molecular weight excluding hydrogens is 402 g/mol. The van der Waals surface area contributed by atoms with E-state index >= 15 is 0 Å². The second-order valence-corrected chi connectivity index (χ2v) is 8.19. The average molecular weight is 430 g/mol. The van der Waals surface area contributed by atoms with Crippen LogP contribution in [0.1, 0.15) is 18.1 Å². The van der Waals surface area contributed by atoms with E-state index in [4.69, 9.17) is 0 Å². The van der Waals surface area contributed by atoms with Crippen molar-refractivity contribution in [2.75, 3.05) is 43.4 Å². The average Bonchev–Trinajstić information content (AvgIpc) is 2.83. The van der Waals surface area contributed by atoms with E-state index in [9.17, 15) is 4.79 Å². The highest BCUT2D eigenvalue weighted by atomic mass is 16.1. The van der Waals surface area contributed by atoms with Gasteiger partial charge in [-0.15, -0.1) is 0 Å². The number of piperazine rings is 1. The van der Waals surface area contributed by atoms with Crippen molar-refractivity contribution in [1.29, 1.82) is 0 Å². The van der Waals surface area contributed by atoms with Crippen molar-refractivity contribution in [3.05, 3.63) is 64.3 Å². The second kappa shape index (κ2) is 8.55. The Morgan fingerprint density at radius 2 is 1.88 bits per heavy atom. The molecule has 1 aliphatic rings. The van der Waals surface area contributed by atoms with Gasteiger partial charge in [0.2, 0.25) is 0 Å². The van der Waals surface area contributed by atoms with Crippen LogP contribution in [0.2, 0.25) is 0 Å². The van der Waals surface area contributed by atoms with Crippen LogP contribution >= 0.6 is 0 Å². The molecule has 8 nitrogen and oxygen atoms in total. The fraction of sp³-hybridized carbons (Fsp3) is 0.333. The molecule has 0 amide bonds.